The van der Waals surface area contributed by atoms with Gasteiger partial charge in [-0.1, -0.05) is 25.0 Å². The molecule has 7 nitrogen and oxygen atoms in total. The van der Waals surface area contributed by atoms with E-state index in [1.54, 1.807) is 23.5 Å². The van der Waals surface area contributed by atoms with E-state index < -0.39 is 10.0 Å². The summed E-state index contributed by atoms with van der Waals surface area (Å²) < 4.78 is 37.9. The summed E-state index contributed by atoms with van der Waals surface area (Å²) in [6.45, 7) is 2.86. The maximum Gasteiger partial charge on any atom is 0.258 e. The lowest BCUT2D eigenvalue weighted by Crippen LogP contribution is -2.32. The van der Waals surface area contributed by atoms with Crippen molar-refractivity contribution < 1.29 is 22.7 Å². The van der Waals surface area contributed by atoms with Gasteiger partial charge < -0.3 is 14.8 Å². The Hall–Kier alpha value is -2.58. The number of amides is 1. The lowest BCUT2D eigenvalue weighted by Gasteiger charge is -2.20. The number of nitrogens with zero attached hydrogens (tertiary/aromatic N) is 1. The molecular weight excluding hydrogens is 416 g/mol. The third kappa shape index (κ3) is 6.21. The minimum absolute atomic E-state index is 0.154. The number of nitrogens with one attached hydrogen (secondary N) is 1. The number of methoxy groups -OCH3 is 1. The predicted molar refractivity (Wildman–Crippen MR) is 119 cm³/mol. The van der Waals surface area contributed by atoms with Crippen molar-refractivity contribution in [1.82, 2.24) is 9.62 Å². The number of carbonyl (C=O) groups is 1. The van der Waals surface area contributed by atoms with E-state index in [-0.39, 0.29) is 23.5 Å². The lowest BCUT2D eigenvalue weighted by atomic mass is 10.1. The molecule has 1 aliphatic rings. The van der Waals surface area contributed by atoms with Crippen molar-refractivity contribution in [2.45, 2.75) is 43.5 Å². The van der Waals surface area contributed by atoms with Crippen LogP contribution in [0.1, 0.15) is 44.2 Å². The maximum atomic E-state index is 12.8. The molecule has 31 heavy (non-hydrogen) atoms. The van der Waals surface area contributed by atoms with Crippen molar-refractivity contribution >= 4 is 15.9 Å². The SMILES string of the molecule is COc1ccc([C@@H](C)NC(=O)COc2ccc(S(=O)(=O)N3CCCCCC3)cc2)cc1. The third-order valence-corrected chi connectivity index (χ3v) is 7.30. The van der Waals surface area contributed by atoms with E-state index in [4.69, 9.17) is 9.47 Å². The van der Waals surface area contributed by atoms with Gasteiger partial charge >= 0.3 is 0 Å². The fourth-order valence-corrected chi connectivity index (χ4v) is 5.06. The summed E-state index contributed by atoms with van der Waals surface area (Å²) in [6, 6.07) is 13.5. The average molecular weight is 447 g/mol. The van der Waals surface area contributed by atoms with Crippen molar-refractivity contribution in [2.24, 2.45) is 0 Å². The topological polar surface area (TPSA) is 84.9 Å². The van der Waals surface area contributed by atoms with Gasteiger partial charge in [0.05, 0.1) is 18.0 Å². The largest absolute Gasteiger partial charge is 0.497 e. The predicted octanol–water partition coefficient (Wildman–Crippen LogP) is 3.52. The smallest absolute Gasteiger partial charge is 0.258 e. The zero-order valence-corrected chi connectivity index (χ0v) is 18.9. The van der Waals surface area contributed by atoms with E-state index in [1.807, 2.05) is 31.2 Å². The number of hydrogen-bond donors (Lipinski definition) is 1. The van der Waals surface area contributed by atoms with Crippen molar-refractivity contribution in [3.8, 4) is 11.5 Å². The Morgan fingerprint density at radius 2 is 1.55 bits per heavy atom. The van der Waals surface area contributed by atoms with E-state index in [1.165, 1.54) is 12.1 Å². The number of ether oxygens (including phenoxy) is 2. The Labute approximate surface area is 184 Å². The van der Waals surface area contributed by atoms with Gasteiger partial charge in [-0.25, -0.2) is 8.42 Å². The number of hydrogen-bond acceptors (Lipinski definition) is 5. The summed E-state index contributed by atoms with van der Waals surface area (Å²) >= 11 is 0. The minimum Gasteiger partial charge on any atom is -0.497 e. The molecule has 1 N–H and O–H groups in total. The van der Waals surface area contributed by atoms with Gasteiger partial charge in [-0.05, 0) is 61.7 Å². The molecule has 1 atom stereocenters. The first-order valence-corrected chi connectivity index (χ1v) is 12.0. The van der Waals surface area contributed by atoms with E-state index in [9.17, 15) is 13.2 Å². The molecule has 0 spiro atoms. The quantitative estimate of drug-likeness (QED) is 0.671. The van der Waals surface area contributed by atoms with Gasteiger partial charge in [0, 0.05) is 13.1 Å². The molecule has 0 unspecified atom stereocenters. The van der Waals surface area contributed by atoms with Crippen LogP contribution in [0.15, 0.2) is 53.4 Å². The monoisotopic (exact) mass is 446 g/mol. The highest BCUT2D eigenvalue weighted by molar-refractivity contribution is 7.89. The summed E-state index contributed by atoms with van der Waals surface area (Å²) in [7, 11) is -1.89. The Morgan fingerprint density at radius 1 is 0.968 bits per heavy atom. The van der Waals surface area contributed by atoms with Gasteiger partial charge in [-0.3, -0.25) is 4.79 Å². The van der Waals surface area contributed by atoms with Crippen molar-refractivity contribution in [3.63, 3.8) is 0 Å². The number of sulfonamides is 1. The van der Waals surface area contributed by atoms with E-state index in [2.05, 4.69) is 5.32 Å². The number of carbonyl (C=O) groups excluding carboxylic acids is 1. The zero-order chi connectivity index (χ0) is 22.3. The van der Waals surface area contributed by atoms with Gasteiger partial charge in [0.25, 0.3) is 5.91 Å². The molecule has 1 amide bonds. The molecule has 0 aliphatic carbocycles. The van der Waals surface area contributed by atoms with Crippen molar-refractivity contribution in [3.05, 3.63) is 54.1 Å². The molecule has 2 aromatic rings. The third-order valence-electron chi connectivity index (χ3n) is 5.39. The zero-order valence-electron chi connectivity index (χ0n) is 18.0. The summed E-state index contributed by atoms with van der Waals surface area (Å²) in [6.07, 6.45) is 3.92. The van der Waals surface area contributed by atoms with Crippen LogP contribution in [-0.2, 0) is 14.8 Å². The molecule has 1 heterocycles. The number of rotatable bonds is 8. The molecular formula is C23H30N2O5S. The van der Waals surface area contributed by atoms with Crippen LogP contribution < -0.4 is 14.8 Å². The van der Waals surface area contributed by atoms with Crippen LogP contribution in [0.4, 0.5) is 0 Å². The molecule has 0 saturated carbocycles. The summed E-state index contributed by atoms with van der Waals surface area (Å²) in [4.78, 5) is 12.5. The Balaban J connectivity index is 1.52. The Bertz CT molecular complexity index is 950. The van der Waals surface area contributed by atoms with Gasteiger partial charge in [0.15, 0.2) is 6.61 Å². The molecule has 1 fully saturated rings. The van der Waals surface area contributed by atoms with Gasteiger partial charge in [0.2, 0.25) is 10.0 Å². The van der Waals surface area contributed by atoms with Gasteiger partial charge in [-0.15, -0.1) is 0 Å². The molecule has 2 aromatic carbocycles. The van der Waals surface area contributed by atoms with Crippen LogP contribution in [0.3, 0.4) is 0 Å². The van der Waals surface area contributed by atoms with Gasteiger partial charge in [0.1, 0.15) is 11.5 Å². The molecule has 168 valence electrons. The highest BCUT2D eigenvalue weighted by Crippen LogP contribution is 2.22. The average Bonchev–Trinajstić information content (AvgIpc) is 3.08. The van der Waals surface area contributed by atoms with E-state index >= 15 is 0 Å². The summed E-state index contributed by atoms with van der Waals surface area (Å²) in [5, 5.41) is 2.88. The summed E-state index contributed by atoms with van der Waals surface area (Å²) in [5.41, 5.74) is 0.956. The minimum atomic E-state index is -3.50. The highest BCUT2D eigenvalue weighted by atomic mass is 32.2. The Kier molecular flexibility index (Phi) is 7.92. The molecule has 0 radical (unpaired) electrons. The van der Waals surface area contributed by atoms with Crippen LogP contribution in [0, 0.1) is 0 Å². The molecule has 0 aromatic heterocycles. The first-order chi connectivity index (χ1) is 14.9. The fourth-order valence-electron chi connectivity index (χ4n) is 3.55. The summed E-state index contributed by atoms with van der Waals surface area (Å²) in [5.74, 6) is 0.943. The fraction of sp³-hybridized carbons (Fsp3) is 0.435. The lowest BCUT2D eigenvalue weighted by molar-refractivity contribution is -0.123. The maximum absolute atomic E-state index is 12.8. The first kappa shape index (κ1) is 23.1. The van der Waals surface area contributed by atoms with Gasteiger partial charge in [-0.2, -0.15) is 4.31 Å². The first-order valence-electron chi connectivity index (χ1n) is 10.6. The second kappa shape index (κ2) is 10.6. The number of benzene rings is 2. The second-order valence-corrected chi connectivity index (χ2v) is 9.58. The van der Waals surface area contributed by atoms with Crippen LogP contribution in [0.25, 0.3) is 0 Å². The normalized spacial score (nSPS) is 16.2. The standard InChI is InChI=1S/C23H30N2O5S/c1-18(19-7-9-20(29-2)10-8-19)24-23(26)17-30-21-11-13-22(14-12-21)31(27,28)25-15-5-3-4-6-16-25/h7-14,18H,3-6,15-17H2,1-2H3,(H,24,26)/t18-/m1/s1. The Morgan fingerprint density at radius 3 is 2.13 bits per heavy atom. The molecule has 1 saturated heterocycles. The van der Waals surface area contributed by atoms with Crippen LogP contribution in [0.2, 0.25) is 0 Å². The van der Waals surface area contributed by atoms with Crippen molar-refractivity contribution in [2.75, 3.05) is 26.8 Å². The van der Waals surface area contributed by atoms with Crippen molar-refractivity contribution in [1.29, 1.82) is 0 Å². The second-order valence-electron chi connectivity index (χ2n) is 7.64. The molecule has 1 aliphatic heterocycles. The molecule has 0 bridgehead atoms. The molecule has 3 rings (SSSR count). The van der Waals surface area contributed by atoms with E-state index in [0.717, 1.165) is 37.0 Å². The van der Waals surface area contributed by atoms with Crippen LogP contribution in [-0.4, -0.2) is 45.4 Å². The highest BCUT2D eigenvalue weighted by Gasteiger charge is 2.25. The molecule has 8 heteroatoms. The van der Waals surface area contributed by atoms with Crippen LogP contribution >= 0.6 is 0 Å². The van der Waals surface area contributed by atoms with E-state index in [0.29, 0.717) is 18.8 Å². The van der Waals surface area contributed by atoms with Crippen LogP contribution in [0.5, 0.6) is 11.5 Å².